The van der Waals surface area contributed by atoms with Crippen LogP contribution in [0.15, 0.2) is 6.07 Å². The van der Waals surface area contributed by atoms with Gasteiger partial charge in [0.15, 0.2) is 11.8 Å². The van der Waals surface area contributed by atoms with Crippen LogP contribution < -0.4 is 4.74 Å². The van der Waals surface area contributed by atoms with E-state index in [1.165, 1.54) is 17.7 Å². The molecule has 0 bridgehead atoms. The highest BCUT2D eigenvalue weighted by Crippen LogP contribution is 2.31. The molecule has 9 heteroatoms. The smallest absolute Gasteiger partial charge is 0.416 e. The Morgan fingerprint density at radius 1 is 1.38 bits per heavy atom. The molecule has 2 aliphatic heterocycles. The zero-order valence-electron chi connectivity index (χ0n) is 11.3. The molecule has 0 saturated carbocycles. The maximum atomic E-state index is 12.9. The minimum absolute atomic E-state index is 0.0966. The van der Waals surface area contributed by atoms with Crippen LogP contribution in [0.25, 0.3) is 0 Å². The van der Waals surface area contributed by atoms with Crippen molar-refractivity contribution in [2.24, 2.45) is 0 Å². The fraction of sp³-hybridized carbons (Fsp3) is 0.667. The Hall–Kier alpha value is -1.77. The van der Waals surface area contributed by atoms with Crippen LogP contribution in [0.4, 0.5) is 13.2 Å². The summed E-state index contributed by atoms with van der Waals surface area (Å²) >= 11 is 0. The molecule has 0 spiro atoms. The number of halogens is 3. The van der Waals surface area contributed by atoms with E-state index >= 15 is 0 Å². The number of ether oxygens (including phenoxy) is 2. The lowest BCUT2D eigenvalue weighted by atomic mass is 10.1. The largest absolute Gasteiger partial charge is 0.476 e. The first-order chi connectivity index (χ1) is 9.88. The number of morpholine rings is 1. The summed E-state index contributed by atoms with van der Waals surface area (Å²) in [7, 11) is 0. The van der Waals surface area contributed by atoms with Crippen molar-refractivity contribution >= 4 is 5.91 Å². The average molecular weight is 305 g/mol. The predicted molar refractivity (Wildman–Crippen MR) is 64.0 cm³/mol. The Labute approximate surface area is 118 Å². The third kappa shape index (κ3) is 2.45. The molecule has 21 heavy (non-hydrogen) atoms. The first-order valence-corrected chi connectivity index (χ1v) is 6.58. The molecule has 0 N–H and O–H groups in total. The Balaban J connectivity index is 1.80. The van der Waals surface area contributed by atoms with E-state index in [2.05, 4.69) is 5.10 Å². The highest BCUT2D eigenvalue weighted by molar-refractivity contribution is 5.93. The second-order valence-electron chi connectivity index (χ2n) is 5.01. The van der Waals surface area contributed by atoms with Crippen LogP contribution in [0.3, 0.4) is 0 Å². The molecule has 1 aromatic rings. The Morgan fingerprint density at radius 3 is 2.81 bits per heavy atom. The molecule has 0 radical (unpaired) electrons. The zero-order valence-corrected chi connectivity index (χ0v) is 11.3. The van der Waals surface area contributed by atoms with E-state index in [4.69, 9.17) is 9.47 Å². The standard InChI is InChI=1S/C12H14F3N3O3/c1-7-10(12(13,14)15)21-4-2-17(7)11(19)8-6-9-18(16-8)3-5-20-9/h6-7,10H,2-5H2,1H3. The fourth-order valence-electron chi connectivity index (χ4n) is 2.60. The fourth-order valence-corrected chi connectivity index (χ4v) is 2.60. The third-order valence-corrected chi connectivity index (χ3v) is 3.66. The maximum Gasteiger partial charge on any atom is 0.416 e. The highest BCUT2D eigenvalue weighted by Gasteiger charge is 2.49. The number of hydrogen-bond acceptors (Lipinski definition) is 4. The maximum absolute atomic E-state index is 12.9. The normalized spacial score (nSPS) is 25.6. The van der Waals surface area contributed by atoms with Crippen LogP contribution in [-0.4, -0.2) is 58.7 Å². The number of amides is 1. The molecule has 2 unspecified atom stereocenters. The lowest BCUT2D eigenvalue weighted by Crippen LogP contribution is -2.57. The van der Waals surface area contributed by atoms with Gasteiger partial charge in [-0.2, -0.15) is 18.3 Å². The SMILES string of the molecule is CC1C(C(F)(F)F)OCCN1C(=O)c1cc2n(n1)CCO2. The molecule has 1 aromatic heterocycles. The van der Waals surface area contributed by atoms with E-state index in [0.717, 1.165) is 4.90 Å². The quantitative estimate of drug-likeness (QED) is 0.779. The predicted octanol–water partition coefficient (Wildman–Crippen LogP) is 1.07. The molecule has 3 rings (SSSR count). The summed E-state index contributed by atoms with van der Waals surface area (Å²) in [6, 6.07) is 0.365. The number of hydrogen-bond donors (Lipinski definition) is 0. The van der Waals surface area contributed by atoms with Gasteiger partial charge in [-0.25, -0.2) is 4.68 Å². The molecule has 3 heterocycles. The lowest BCUT2D eigenvalue weighted by molar-refractivity contribution is -0.247. The molecule has 0 aromatic carbocycles. The highest BCUT2D eigenvalue weighted by atomic mass is 19.4. The van der Waals surface area contributed by atoms with Gasteiger partial charge in [-0.15, -0.1) is 0 Å². The monoisotopic (exact) mass is 305 g/mol. The molecule has 2 atom stereocenters. The summed E-state index contributed by atoms with van der Waals surface area (Å²) in [4.78, 5) is 13.5. The first-order valence-electron chi connectivity index (χ1n) is 6.58. The number of nitrogens with zero attached hydrogens (tertiary/aromatic N) is 3. The van der Waals surface area contributed by atoms with Crippen molar-refractivity contribution in [1.29, 1.82) is 0 Å². The number of carbonyl (C=O) groups is 1. The molecular formula is C12H14F3N3O3. The van der Waals surface area contributed by atoms with Gasteiger partial charge in [0.25, 0.3) is 5.91 Å². The van der Waals surface area contributed by atoms with E-state index in [0.29, 0.717) is 19.0 Å². The van der Waals surface area contributed by atoms with Gasteiger partial charge in [0.2, 0.25) is 5.88 Å². The van der Waals surface area contributed by atoms with Crippen molar-refractivity contribution in [3.05, 3.63) is 11.8 Å². The lowest BCUT2D eigenvalue weighted by Gasteiger charge is -2.39. The van der Waals surface area contributed by atoms with Gasteiger partial charge in [0, 0.05) is 12.6 Å². The van der Waals surface area contributed by atoms with Crippen LogP contribution in [0.2, 0.25) is 0 Å². The third-order valence-electron chi connectivity index (χ3n) is 3.66. The number of rotatable bonds is 1. The second-order valence-corrected chi connectivity index (χ2v) is 5.01. The molecule has 0 aliphatic carbocycles. The van der Waals surface area contributed by atoms with Gasteiger partial charge in [0.1, 0.15) is 6.61 Å². The van der Waals surface area contributed by atoms with Crippen LogP contribution in [-0.2, 0) is 11.3 Å². The summed E-state index contributed by atoms with van der Waals surface area (Å²) in [6.45, 7) is 2.31. The van der Waals surface area contributed by atoms with Crippen LogP contribution in [0.1, 0.15) is 17.4 Å². The van der Waals surface area contributed by atoms with Crippen LogP contribution in [0.5, 0.6) is 5.88 Å². The number of aromatic nitrogens is 2. The van der Waals surface area contributed by atoms with Gasteiger partial charge < -0.3 is 14.4 Å². The Kier molecular flexibility index (Phi) is 3.31. The second kappa shape index (κ2) is 4.90. The van der Waals surface area contributed by atoms with E-state index in [1.54, 1.807) is 0 Å². The number of alkyl halides is 3. The zero-order chi connectivity index (χ0) is 15.2. The van der Waals surface area contributed by atoms with Gasteiger partial charge in [-0.3, -0.25) is 4.79 Å². The Morgan fingerprint density at radius 2 is 2.14 bits per heavy atom. The van der Waals surface area contributed by atoms with Crippen molar-refractivity contribution in [2.75, 3.05) is 19.8 Å². The van der Waals surface area contributed by atoms with Gasteiger partial charge in [-0.1, -0.05) is 0 Å². The van der Waals surface area contributed by atoms with Crippen molar-refractivity contribution in [3.8, 4) is 5.88 Å². The number of fused-ring (bicyclic) bond motifs is 1. The van der Waals surface area contributed by atoms with Gasteiger partial charge in [-0.05, 0) is 6.92 Å². The van der Waals surface area contributed by atoms with Crippen molar-refractivity contribution in [2.45, 2.75) is 31.8 Å². The summed E-state index contributed by atoms with van der Waals surface area (Å²) in [5.41, 5.74) is 0.0966. The topological polar surface area (TPSA) is 56.6 Å². The summed E-state index contributed by atoms with van der Waals surface area (Å²) in [5.74, 6) is -0.0721. The van der Waals surface area contributed by atoms with Crippen molar-refractivity contribution in [1.82, 2.24) is 14.7 Å². The summed E-state index contributed by atoms with van der Waals surface area (Å²) in [6.07, 6.45) is -6.47. The summed E-state index contributed by atoms with van der Waals surface area (Å²) in [5, 5.41) is 4.07. The van der Waals surface area contributed by atoms with Crippen LogP contribution in [0, 0.1) is 0 Å². The Bertz CT molecular complexity index is 536. The molecular weight excluding hydrogens is 291 g/mol. The molecule has 116 valence electrons. The van der Waals surface area contributed by atoms with E-state index in [9.17, 15) is 18.0 Å². The minimum Gasteiger partial charge on any atom is -0.476 e. The van der Waals surface area contributed by atoms with Crippen LogP contribution >= 0.6 is 0 Å². The molecule has 1 fully saturated rings. The molecule has 6 nitrogen and oxygen atoms in total. The van der Waals surface area contributed by atoms with Gasteiger partial charge >= 0.3 is 6.18 Å². The van der Waals surface area contributed by atoms with Gasteiger partial charge in [0.05, 0.1) is 19.2 Å². The molecule has 1 saturated heterocycles. The van der Waals surface area contributed by atoms with Crippen molar-refractivity contribution in [3.63, 3.8) is 0 Å². The average Bonchev–Trinajstić information content (AvgIpc) is 2.97. The van der Waals surface area contributed by atoms with E-state index < -0.39 is 24.2 Å². The molecule has 1 amide bonds. The van der Waals surface area contributed by atoms with E-state index in [1.807, 2.05) is 0 Å². The minimum atomic E-state index is -4.50. The molecule has 2 aliphatic rings. The van der Waals surface area contributed by atoms with Crippen molar-refractivity contribution < 1.29 is 27.4 Å². The first kappa shape index (κ1) is 14.2. The van der Waals surface area contributed by atoms with E-state index in [-0.39, 0.29) is 18.8 Å². The number of carbonyl (C=O) groups excluding carboxylic acids is 1. The summed E-state index contributed by atoms with van der Waals surface area (Å²) < 4.78 is 50.1.